The molecule has 3 aromatic rings. The summed E-state index contributed by atoms with van der Waals surface area (Å²) in [6, 6.07) is 22.2. The van der Waals surface area contributed by atoms with Gasteiger partial charge < -0.3 is 15.0 Å². The molecule has 0 radical (unpaired) electrons. The van der Waals surface area contributed by atoms with E-state index in [-0.39, 0.29) is 11.8 Å². The molecule has 0 saturated heterocycles. The zero-order valence-corrected chi connectivity index (χ0v) is 16.2. The van der Waals surface area contributed by atoms with Gasteiger partial charge in [0, 0.05) is 29.9 Å². The van der Waals surface area contributed by atoms with Crippen LogP contribution < -0.4 is 10.1 Å². The van der Waals surface area contributed by atoms with Crippen LogP contribution in [0.4, 0.5) is 5.69 Å². The molecule has 1 heterocycles. The monoisotopic (exact) mass is 386 g/mol. The first-order valence-electron chi connectivity index (χ1n) is 9.55. The van der Waals surface area contributed by atoms with Crippen LogP contribution in [0.15, 0.2) is 72.8 Å². The first-order chi connectivity index (χ1) is 14.1. The molecular weight excluding hydrogens is 364 g/mol. The summed E-state index contributed by atoms with van der Waals surface area (Å²) >= 11 is 0. The van der Waals surface area contributed by atoms with Crippen molar-refractivity contribution in [2.45, 2.75) is 13.0 Å². The van der Waals surface area contributed by atoms with Crippen molar-refractivity contribution in [1.29, 1.82) is 0 Å². The number of ether oxygens (including phenoxy) is 1. The highest BCUT2D eigenvalue weighted by molar-refractivity contribution is 6.05. The van der Waals surface area contributed by atoms with Gasteiger partial charge in [-0.2, -0.15) is 0 Å². The summed E-state index contributed by atoms with van der Waals surface area (Å²) in [5, 5.41) is 2.84. The molecule has 1 aliphatic rings. The molecule has 2 amide bonds. The summed E-state index contributed by atoms with van der Waals surface area (Å²) in [4.78, 5) is 27.2. The highest BCUT2D eigenvalue weighted by Crippen LogP contribution is 2.21. The number of nitrogens with zero attached hydrogens (tertiary/aromatic N) is 1. The topological polar surface area (TPSA) is 58.6 Å². The van der Waals surface area contributed by atoms with Crippen molar-refractivity contribution in [3.63, 3.8) is 0 Å². The summed E-state index contributed by atoms with van der Waals surface area (Å²) in [5.74, 6) is 0.494. The molecule has 3 aromatic carbocycles. The minimum Gasteiger partial charge on any atom is -0.497 e. The zero-order valence-electron chi connectivity index (χ0n) is 16.2. The highest BCUT2D eigenvalue weighted by Gasteiger charge is 2.21. The summed E-state index contributed by atoms with van der Waals surface area (Å²) in [5.41, 5.74) is 4.28. The van der Waals surface area contributed by atoms with Crippen molar-refractivity contribution >= 4 is 17.5 Å². The quantitative estimate of drug-likeness (QED) is 0.733. The Bertz CT molecular complexity index is 1030. The van der Waals surface area contributed by atoms with Crippen LogP contribution in [-0.4, -0.2) is 30.4 Å². The molecule has 5 heteroatoms. The molecular formula is C24H22N2O3. The van der Waals surface area contributed by atoms with Crippen LogP contribution in [-0.2, 0) is 13.0 Å². The molecule has 29 heavy (non-hydrogen) atoms. The van der Waals surface area contributed by atoms with Crippen LogP contribution in [0.5, 0.6) is 5.75 Å². The first kappa shape index (κ1) is 18.7. The minimum atomic E-state index is -0.221. The van der Waals surface area contributed by atoms with Gasteiger partial charge in [0.25, 0.3) is 11.8 Å². The number of rotatable bonds is 4. The van der Waals surface area contributed by atoms with Crippen LogP contribution in [0.1, 0.15) is 31.8 Å². The van der Waals surface area contributed by atoms with Crippen molar-refractivity contribution in [2.75, 3.05) is 19.0 Å². The predicted molar refractivity (Wildman–Crippen MR) is 112 cm³/mol. The second kappa shape index (κ2) is 8.19. The maximum atomic E-state index is 12.9. The van der Waals surface area contributed by atoms with Gasteiger partial charge in [0.15, 0.2) is 0 Å². The van der Waals surface area contributed by atoms with Gasteiger partial charge in [-0.3, -0.25) is 9.59 Å². The summed E-state index contributed by atoms with van der Waals surface area (Å²) < 4.78 is 5.12. The second-order valence-corrected chi connectivity index (χ2v) is 7.01. The fourth-order valence-electron chi connectivity index (χ4n) is 3.49. The first-order valence-corrected chi connectivity index (χ1v) is 9.55. The number of hydrogen-bond donors (Lipinski definition) is 1. The van der Waals surface area contributed by atoms with Gasteiger partial charge in [-0.05, 0) is 66.1 Å². The molecule has 0 spiro atoms. The van der Waals surface area contributed by atoms with Crippen molar-refractivity contribution in [2.24, 2.45) is 0 Å². The Balaban J connectivity index is 1.42. The largest absolute Gasteiger partial charge is 0.497 e. The molecule has 0 aliphatic carbocycles. The highest BCUT2D eigenvalue weighted by atomic mass is 16.5. The molecule has 1 N–H and O–H groups in total. The number of hydrogen-bond acceptors (Lipinski definition) is 3. The zero-order chi connectivity index (χ0) is 20.2. The van der Waals surface area contributed by atoms with E-state index >= 15 is 0 Å². The molecule has 4 rings (SSSR count). The Hall–Kier alpha value is -3.60. The fraction of sp³-hybridized carbons (Fsp3) is 0.167. The van der Waals surface area contributed by atoms with Crippen LogP contribution in [0.25, 0.3) is 0 Å². The number of carbonyl (C=O) groups is 2. The smallest absolute Gasteiger partial charge is 0.255 e. The predicted octanol–water partition coefficient (Wildman–Crippen LogP) is 4.15. The van der Waals surface area contributed by atoms with E-state index in [0.29, 0.717) is 29.9 Å². The minimum absolute atomic E-state index is 0.0124. The van der Waals surface area contributed by atoms with E-state index < -0.39 is 0 Å². The van der Waals surface area contributed by atoms with E-state index in [4.69, 9.17) is 4.74 Å². The molecule has 0 fully saturated rings. The van der Waals surface area contributed by atoms with Crippen LogP contribution in [0.2, 0.25) is 0 Å². The molecule has 0 aromatic heterocycles. The number of amides is 2. The average Bonchev–Trinajstić information content (AvgIpc) is 2.79. The van der Waals surface area contributed by atoms with Crippen molar-refractivity contribution in [3.05, 3.63) is 95.1 Å². The van der Waals surface area contributed by atoms with Gasteiger partial charge in [-0.25, -0.2) is 0 Å². The maximum Gasteiger partial charge on any atom is 0.255 e. The molecule has 5 nitrogen and oxygen atoms in total. The number of methoxy groups -OCH3 is 1. The Labute approximate surface area is 169 Å². The Morgan fingerprint density at radius 2 is 1.52 bits per heavy atom. The van der Waals surface area contributed by atoms with Gasteiger partial charge in [0.1, 0.15) is 5.75 Å². The number of nitrogens with one attached hydrogen (secondary N) is 1. The lowest BCUT2D eigenvalue weighted by Gasteiger charge is -2.29. The van der Waals surface area contributed by atoms with Gasteiger partial charge >= 0.3 is 0 Å². The van der Waals surface area contributed by atoms with E-state index in [9.17, 15) is 9.59 Å². The number of benzene rings is 3. The summed E-state index contributed by atoms with van der Waals surface area (Å²) in [7, 11) is 1.60. The third-order valence-corrected chi connectivity index (χ3v) is 5.16. The van der Waals surface area contributed by atoms with E-state index in [1.807, 2.05) is 17.0 Å². The van der Waals surface area contributed by atoms with E-state index in [0.717, 1.165) is 12.2 Å². The number of fused-ring (bicyclic) bond motifs is 1. The molecule has 0 bridgehead atoms. The van der Waals surface area contributed by atoms with Crippen LogP contribution in [0, 0.1) is 0 Å². The molecule has 0 saturated carbocycles. The third kappa shape index (κ3) is 4.14. The Morgan fingerprint density at radius 3 is 2.21 bits per heavy atom. The van der Waals surface area contributed by atoms with Crippen molar-refractivity contribution < 1.29 is 14.3 Å². The molecule has 1 aliphatic heterocycles. The lowest BCUT2D eigenvalue weighted by molar-refractivity contribution is 0.0734. The lowest BCUT2D eigenvalue weighted by Crippen LogP contribution is -2.35. The lowest BCUT2D eigenvalue weighted by atomic mass is 9.99. The Kier molecular flexibility index (Phi) is 5.29. The summed E-state index contributed by atoms with van der Waals surface area (Å²) in [6.07, 6.45) is 0.865. The van der Waals surface area contributed by atoms with E-state index in [1.54, 1.807) is 55.6 Å². The van der Waals surface area contributed by atoms with Gasteiger partial charge in [-0.15, -0.1) is 0 Å². The van der Waals surface area contributed by atoms with E-state index in [2.05, 4.69) is 17.4 Å². The number of carbonyl (C=O) groups excluding carboxylic acids is 2. The SMILES string of the molecule is COc1ccc(NC(=O)c2ccc(C(=O)N3CCc4ccccc4C3)cc2)cc1. The average molecular weight is 386 g/mol. The maximum absolute atomic E-state index is 12.9. The molecule has 0 atom stereocenters. The van der Waals surface area contributed by atoms with Crippen molar-refractivity contribution in [3.8, 4) is 5.75 Å². The van der Waals surface area contributed by atoms with Crippen LogP contribution in [0.3, 0.4) is 0 Å². The van der Waals surface area contributed by atoms with Gasteiger partial charge in [0.05, 0.1) is 7.11 Å². The molecule has 146 valence electrons. The summed E-state index contributed by atoms with van der Waals surface area (Å²) in [6.45, 7) is 1.32. The van der Waals surface area contributed by atoms with E-state index in [1.165, 1.54) is 11.1 Å². The van der Waals surface area contributed by atoms with Crippen LogP contribution >= 0.6 is 0 Å². The van der Waals surface area contributed by atoms with Gasteiger partial charge in [-0.1, -0.05) is 24.3 Å². The van der Waals surface area contributed by atoms with Gasteiger partial charge in [0.2, 0.25) is 0 Å². The Morgan fingerprint density at radius 1 is 0.862 bits per heavy atom. The third-order valence-electron chi connectivity index (χ3n) is 5.16. The second-order valence-electron chi connectivity index (χ2n) is 7.01. The normalized spacial score (nSPS) is 12.8. The number of anilines is 1. The standard InChI is InChI=1S/C24H22N2O3/c1-29-22-12-10-21(11-13-22)25-23(27)18-6-8-19(9-7-18)24(28)26-15-14-17-4-2-3-5-20(17)16-26/h2-13H,14-16H2,1H3,(H,25,27). The van der Waals surface area contributed by atoms with Crippen molar-refractivity contribution in [1.82, 2.24) is 4.90 Å². The fourth-order valence-corrected chi connectivity index (χ4v) is 3.49. The molecule has 0 unspecified atom stereocenters.